The van der Waals surface area contributed by atoms with Crippen molar-refractivity contribution in [1.29, 1.82) is 0 Å². The number of benzene rings is 2. The van der Waals surface area contributed by atoms with E-state index in [2.05, 4.69) is 15.5 Å². The molecule has 4 amide bonds. The number of non-ortho nitro benzene ring substituents is 1. The topological polar surface area (TPSA) is 125 Å². The SMILES string of the molecule is Cc1cc(N2CCCC2)ccc1NC(=O)CN1C(=O)NC(C)(c2ccc([N+](=O)[O-])cc2)C1=O. The second-order valence-electron chi connectivity index (χ2n) is 8.49. The summed E-state index contributed by atoms with van der Waals surface area (Å²) in [7, 11) is 0. The Balaban J connectivity index is 1.44. The quantitative estimate of drug-likeness (QED) is 0.395. The van der Waals surface area contributed by atoms with E-state index in [9.17, 15) is 24.5 Å². The molecule has 0 aromatic heterocycles. The minimum absolute atomic E-state index is 0.124. The van der Waals surface area contributed by atoms with Crippen LogP contribution in [0.4, 0.5) is 21.9 Å². The summed E-state index contributed by atoms with van der Waals surface area (Å²) in [5, 5.41) is 16.2. The van der Waals surface area contributed by atoms with Crippen LogP contribution in [0.1, 0.15) is 30.9 Å². The average Bonchev–Trinajstić information content (AvgIpc) is 3.39. The van der Waals surface area contributed by atoms with Crippen molar-refractivity contribution in [1.82, 2.24) is 10.2 Å². The zero-order valence-electron chi connectivity index (χ0n) is 18.5. The van der Waals surface area contributed by atoms with Crippen LogP contribution in [0.2, 0.25) is 0 Å². The van der Waals surface area contributed by atoms with Crippen molar-refractivity contribution in [3.05, 3.63) is 63.7 Å². The number of rotatable bonds is 6. The highest BCUT2D eigenvalue weighted by atomic mass is 16.6. The van der Waals surface area contributed by atoms with Crippen molar-refractivity contribution in [3.63, 3.8) is 0 Å². The molecule has 0 aliphatic carbocycles. The van der Waals surface area contributed by atoms with Crippen LogP contribution in [0.15, 0.2) is 42.5 Å². The van der Waals surface area contributed by atoms with E-state index in [1.54, 1.807) is 0 Å². The number of nitro groups is 1. The molecule has 2 saturated heterocycles. The van der Waals surface area contributed by atoms with E-state index in [-0.39, 0.29) is 5.69 Å². The minimum atomic E-state index is -1.42. The third-order valence-electron chi connectivity index (χ3n) is 6.19. The molecule has 2 N–H and O–H groups in total. The van der Waals surface area contributed by atoms with Crippen LogP contribution in [0.3, 0.4) is 0 Å². The summed E-state index contributed by atoms with van der Waals surface area (Å²) in [4.78, 5) is 51.7. The number of imide groups is 1. The van der Waals surface area contributed by atoms with Gasteiger partial charge in [0, 0.05) is 36.6 Å². The van der Waals surface area contributed by atoms with Crippen LogP contribution in [-0.2, 0) is 15.1 Å². The maximum atomic E-state index is 13.0. The summed E-state index contributed by atoms with van der Waals surface area (Å²) in [5.41, 5.74) is 1.47. The van der Waals surface area contributed by atoms with Crippen molar-refractivity contribution in [3.8, 4) is 0 Å². The molecular formula is C23H25N5O5. The molecule has 2 aliphatic rings. The number of nitrogens with zero attached hydrogens (tertiary/aromatic N) is 3. The molecule has 33 heavy (non-hydrogen) atoms. The molecular weight excluding hydrogens is 426 g/mol. The van der Waals surface area contributed by atoms with E-state index < -0.39 is 34.9 Å². The molecule has 2 fully saturated rings. The zero-order valence-corrected chi connectivity index (χ0v) is 18.5. The van der Waals surface area contributed by atoms with Gasteiger partial charge in [-0.1, -0.05) is 0 Å². The Labute approximate surface area is 190 Å². The van der Waals surface area contributed by atoms with Gasteiger partial charge in [0.15, 0.2) is 0 Å². The van der Waals surface area contributed by atoms with E-state index in [4.69, 9.17) is 0 Å². The maximum absolute atomic E-state index is 13.0. The van der Waals surface area contributed by atoms with Gasteiger partial charge in [0.1, 0.15) is 12.1 Å². The summed E-state index contributed by atoms with van der Waals surface area (Å²) in [5.74, 6) is -1.10. The van der Waals surface area contributed by atoms with E-state index in [1.165, 1.54) is 44.0 Å². The first-order valence-electron chi connectivity index (χ1n) is 10.7. The third kappa shape index (κ3) is 4.23. The number of urea groups is 1. The maximum Gasteiger partial charge on any atom is 0.325 e. The van der Waals surface area contributed by atoms with Gasteiger partial charge >= 0.3 is 6.03 Å². The number of nitrogens with one attached hydrogen (secondary N) is 2. The lowest BCUT2D eigenvalue weighted by Crippen LogP contribution is -2.42. The zero-order chi connectivity index (χ0) is 23.8. The standard InChI is InChI=1S/C23H25N5O5/c1-15-13-18(26-11-3-4-12-26)9-10-19(15)24-20(29)14-27-21(30)23(2,25-22(27)31)16-5-7-17(8-6-16)28(32)33/h5-10,13H,3-4,11-12,14H2,1-2H3,(H,24,29)(H,25,31). The van der Waals surface area contributed by atoms with Gasteiger partial charge in [-0.15, -0.1) is 0 Å². The number of anilines is 2. The molecule has 1 unspecified atom stereocenters. The fourth-order valence-corrected chi connectivity index (χ4v) is 4.25. The van der Waals surface area contributed by atoms with Gasteiger partial charge in [-0.05, 0) is 68.1 Å². The Morgan fingerprint density at radius 2 is 1.82 bits per heavy atom. The Bertz CT molecular complexity index is 1130. The largest absolute Gasteiger partial charge is 0.372 e. The number of hydrogen-bond acceptors (Lipinski definition) is 6. The molecule has 2 aromatic carbocycles. The highest BCUT2D eigenvalue weighted by molar-refractivity contribution is 6.10. The van der Waals surface area contributed by atoms with Crippen LogP contribution < -0.4 is 15.5 Å². The molecule has 1 atom stereocenters. The van der Waals surface area contributed by atoms with Crippen LogP contribution in [0, 0.1) is 17.0 Å². The minimum Gasteiger partial charge on any atom is -0.372 e. The van der Waals surface area contributed by atoms with Crippen molar-refractivity contribution in [2.45, 2.75) is 32.2 Å². The Morgan fingerprint density at radius 1 is 1.15 bits per heavy atom. The van der Waals surface area contributed by atoms with Crippen LogP contribution in [-0.4, -0.2) is 47.3 Å². The summed E-state index contributed by atoms with van der Waals surface area (Å²) < 4.78 is 0. The lowest BCUT2D eigenvalue weighted by molar-refractivity contribution is -0.384. The predicted octanol–water partition coefficient (Wildman–Crippen LogP) is 2.91. The lowest BCUT2D eigenvalue weighted by atomic mass is 9.92. The van der Waals surface area contributed by atoms with Gasteiger partial charge in [0.25, 0.3) is 11.6 Å². The number of nitro benzene ring substituents is 1. The number of hydrogen-bond donors (Lipinski definition) is 2. The second kappa shape index (κ2) is 8.53. The predicted molar refractivity (Wildman–Crippen MR) is 122 cm³/mol. The van der Waals surface area contributed by atoms with Crippen LogP contribution in [0.5, 0.6) is 0 Å². The first-order chi connectivity index (χ1) is 15.7. The summed E-state index contributed by atoms with van der Waals surface area (Å²) in [6.45, 7) is 5.00. The monoisotopic (exact) mass is 451 g/mol. The molecule has 2 heterocycles. The molecule has 4 rings (SSSR count). The molecule has 2 aromatic rings. The molecule has 10 heteroatoms. The van der Waals surface area contributed by atoms with E-state index in [0.29, 0.717) is 11.3 Å². The van der Waals surface area contributed by atoms with Gasteiger partial charge in [0.2, 0.25) is 5.91 Å². The van der Waals surface area contributed by atoms with Gasteiger partial charge in [-0.2, -0.15) is 0 Å². The molecule has 0 radical (unpaired) electrons. The second-order valence-corrected chi connectivity index (χ2v) is 8.49. The van der Waals surface area contributed by atoms with E-state index in [1.807, 2.05) is 25.1 Å². The number of carbonyl (C=O) groups is 3. The average molecular weight is 451 g/mol. The number of aryl methyl sites for hydroxylation is 1. The first kappa shape index (κ1) is 22.3. The summed E-state index contributed by atoms with van der Waals surface area (Å²) in [6, 6.07) is 10.5. The number of amides is 4. The van der Waals surface area contributed by atoms with E-state index in [0.717, 1.165) is 29.2 Å². The van der Waals surface area contributed by atoms with Crippen molar-refractivity contribution < 1.29 is 19.3 Å². The highest BCUT2D eigenvalue weighted by Gasteiger charge is 2.49. The van der Waals surface area contributed by atoms with Gasteiger partial charge < -0.3 is 15.5 Å². The highest BCUT2D eigenvalue weighted by Crippen LogP contribution is 2.30. The molecule has 0 bridgehead atoms. The summed E-state index contributed by atoms with van der Waals surface area (Å²) >= 11 is 0. The Kier molecular flexibility index (Phi) is 5.75. The molecule has 10 nitrogen and oxygen atoms in total. The smallest absolute Gasteiger partial charge is 0.325 e. The first-order valence-corrected chi connectivity index (χ1v) is 10.7. The van der Waals surface area contributed by atoms with Gasteiger partial charge in [-0.3, -0.25) is 24.6 Å². The molecule has 0 saturated carbocycles. The summed E-state index contributed by atoms with van der Waals surface area (Å²) in [6.07, 6.45) is 2.34. The van der Waals surface area contributed by atoms with Crippen molar-refractivity contribution >= 4 is 34.9 Å². The fourth-order valence-electron chi connectivity index (χ4n) is 4.25. The lowest BCUT2D eigenvalue weighted by Gasteiger charge is -2.22. The Hall–Kier alpha value is -3.95. The third-order valence-corrected chi connectivity index (χ3v) is 6.19. The van der Waals surface area contributed by atoms with E-state index >= 15 is 0 Å². The van der Waals surface area contributed by atoms with Crippen LogP contribution in [0.25, 0.3) is 0 Å². The number of carbonyl (C=O) groups excluding carboxylic acids is 3. The van der Waals surface area contributed by atoms with Gasteiger partial charge in [-0.25, -0.2) is 4.79 Å². The van der Waals surface area contributed by atoms with Crippen molar-refractivity contribution in [2.24, 2.45) is 0 Å². The van der Waals surface area contributed by atoms with Crippen molar-refractivity contribution in [2.75, 3.05) is 29.9 Å². The Morgan fingerprint density at radius 3 is 2.42 bits per heavy atom. The molecule has 172 valence electrons. The molecule has 2 aliphatic heterocycles. The van der Waals surface area contributed by atoms with Crippen LogP contribution >= 0.6 is 0 Å². The molecule has 0 spiro atoms. The fraction of sp³-hybridized carbons (Fsp3) is 0.348. The normalized spacial score (nSPS) is 20.2. The van der Waals surface area contributed by atoms with Gasteiger partial charge in [0.05, 0.1) is 4.92 Å².